The molecule has 4 rings (SSSR count). The van der Waals surface area contributed by atoms with Gasteiger partial charge in [-0.25, -0.2) is 0 Å². The van der Waals surface area contributed by atoms with Gasteiger partial charge in [-0.15, -0.1) is 10.2 Å². The van der Waals surface area contributed by atoms with Crippen molar-refractivity contribution in [2.45, 2.75) is 0 Å². The van der Waals surface area contributed by atoms with Crippen LogP contribution >= 0.6 is 11.6 Å². The summed E-state index contributed by atoms with van der Waals surface area (Å²) in [6.07, 6.45) is 0. The van der Waals surface area contributed by atoms with E-state index >= 15 is 0 Å². The van der Waals surface area contributed by atoms with Gasteiger partial charge >= 0.3 is 11.8 Å². The smallest absolute Gasteiger partial charge is 0.313 e. The monoisotopic (exact) mass is 343 g/mol. The Morgan fingerprint density at radius 3 is 2.83 bits per heavy atom. The van der Waals surface area contributed by atoms with E-state index < -0.39 is 5.91 Å². The number of amides is 1. The number of rotatable bonds is 3. The lowest BCUT2D eigenvalue weighted by atomic mass is 10.2. The lowest BCUT2D eigenvalue weighted by Gasteiger charge is -2.03. The highest BCUT2D eigenvalue weighted by molar-refractivity contribution is 6.30. The van der Waals surface area contributed by atoms with E-state index in [2.05, 4.69) is 15.5 Å². The molecule has 0 spiro atoms. The Kier molecular flexibility index (Phi) is 3.55. The minimum Gasteiger partial charge on any atom is -0.454 e. The van der Waals surface area contributed by atoms with Crippen molar-refractivity contribution in [3.05, 3.63) is 53.4 Å². The summed E-state index contributed by atoms with van der Waals surface area (Å²) in [6.45, 7) is 0.166. The third-order valence-electron chi connectivity index (χ3n) is 3.32. The zero-order chi connectivity index (χ0) is 16.5. The van der Waals surface area contributed by atoms with Gasteiger partial charge in [-0.2, -0.15) is 0 Å². The van der Waals surface area contributed by atoms with Gasteiger partial charge in [0.05, 0.1) is 0 Å². The van der Waals surface area contributed by atoms with Crippen LogP contribution in [0.4, 0.5) is 5.69 Å². The molecule has 24 heavy (non-hydrogen) atoms. The molecule has 2 aromatic carbocycles. The van der Waals surface area contributed by atoms with Crippen molar-refractivity contribution >= 4 is 23.2 Å². The molecular weight excluding hydrogens is 334 g/mol. The van der Waals surface area contributed by atoms with Gasteiger partial charge in [-0.05, 0) is 30.3 Å². The van der Waals surface area contributed by atoms with E-state index in [1.54, 1.807) is 42.5 Å². The Bertz CT molecular complexity index is 925. The second-order valence-electron chi connectivity index (χ2n) is 4.94. The summed E-state index contributed by atoms with van der Waals surface area (Å²) in [5.41, 5.74) is 1.17. The zero-order valence-corrected chi connectivity index (χ0v) is 12.9. The third-order valence-corrected chi connectivity index (χ3v) is 3.56. The highest BCUT2D eigenvalue weighted by atomic mass is 35.5. The van der Waals surface area contributed by atoms with Crippen molar-refractivity contribution in [3.63, 3.8) is 0 Å². The second-order valence-corrected chi connectivity index (χ2v) is 5.38. The molecule has 1 amide bonds. The van der Waals surface area contributed by atoms with Crippen molar-refractivity contribution < 1.29 is 18.7 Å². The molecule has 8 heteroatoms. The molecule has 0 unspecified atom stereocenters. The summed E-state index contributed by atoms with van der Waals surface area (Å²) in [5, 5.41) is 10.8. The van der Waals surface area contributed by atoms with Crippen LogP contribution in [0.3, 0.4) is 0 Å². The van der Waals surface area contributed by atoms with Crippen LogP contribution in [-0.2, 0) is 0 Å². The molecule has 0 aliphatic carbocycles. The number of benzene rings is 2. The number of carbonyl (C=O) groups is 1. The molecule has 3 aromatic rings. The van der Waals surface area contributed by atoms with E-state index in [0.29, 0.717) is 27.8 Å². The lowest BCUT2D eigenvalue weighted by Crippen LogP contribution is -2.12. The average molecular weight is 344 g/mol. The van der Waals surface area contributed by atoms with Gasteiger partial charge in [-0.1, -0.05) is 17.7 Å². The summed E-state index contributed by atoms with van der Waals surface area (Å²) in [5.74, 6) is 0.748. The first-order valence-electron chi connectivity index (χ1n) is 6.99. The molecule has 2 heterocycles. The van der Waals surface area contributed by atoms with Crippen molar-refractivity contribution in [1.82, 2.24) is 10.2 Å². The van der Waals surface area contributed by atoms with E-state index in [4.69, 9.17) is 25.5 Å². The molecule has 7 nitrogen and oxygen atoms in total. The van der Waals surface area contributed by atoms with Gasteiger partial charge in [0.25, 0.3) is 0 Å². The Hall–Kier alpha value is -3.06. The quantitative estimate of drug-likeness (QED) is 0.784. The van der Waals surface area contributed by atoms with Gasteiger partial charge in [-0.3, -0.25) is 4.79 Å². The predicted octanol–water partition coefficient (Wildman–Crippen LogP) is 3.37. The van der Waals surface area contributed by atoms with Gasteiger partial charge < -0.3 is 19.2 Å². The minimum absolute atomic E-state index is 0.150. The molecule has 120 valence electrons. The normalized spacial score (nSPS) is 12.2. The van der Waals surface area contributed by atoms with Gasteiger partial charge in [0, 0.05) is 22.3 Å². The molecular formula is C16H10ClN3O4. The van der Waals surface area contributed by atoms with Crippen LogP contribution in [0, 0.1) is 0 Å². The van der Waals surface area contributed by atoms with Crippen LogP contribution in [0.2, 0.25) is 5.02 Å². The number of carbonyl (C=O) groups excluding carboxylic acids is 1. The number of ether oxygens (including phenoxy) is 2. The molecule has 0 saturated carbocycles. The number of nitrogens with zero attached hydrogens (tertiary/aromatic N) is 2. The van der Waals surface area contributed by atoms with Crippen LogP contribution in [0.1, 0.15) is 10.7 Å². The van der Waals surface area contributed by atoms with Crippen molar-refractivity contribution in [3.8, 4) is 23.0 Å². The first-order chi connectivity index (χ1) is 11.7. The number of fused-ring (bicyclic) bond motifs is 1. The van der Waals surface area contributed by atoms with E-state index in [9.17, 15) is 4.79 Å². The van der Waals surface area contributed by atoms with Crippen LogP contribution in [0.15, 0.2) is 46.9 Å². The number of anilines is 1. The maximum absolute atomic E-state index is 12.2. The van der Waals surface area contributed by atoms with Gasteiger partial charge in [0.2, 0.25) is 12.7 Å². The maximum atomic E-state index is 12.2. The fourth-order valence-electron chi connectivity index (χ4n) is 2.21. The average Bonchev–Trinajstić information content (AvgIpc) is 3.24. The Morgan fingerprint density at radius 2 is 1.96 bits per heavy atom. The third kappa shape index (κ3) is 2.77. The van der Waals surface area contributed by atoms with Gasteiger partial charge in [0.1, 0.15) is 0 Å². The summed E-state index contributed by atoms with van der Waals surface area (Å²) in [4.78, 5) is 12.2. The van der Waals surface area contributed by atoms with Crippen molar-refractivity contribution in [2.24, 2.45) is 0 Å². The molecule has 0 fully saturated rings. The molecule has 0 atom stereocenters. The highest BCUT2D eigenvalue weighted by Gasteiger charge is 2.18. The topological polar surface area (TPSA) is 86.5 Å². The molecule has 1 aromatic heterocycles. The Balaban J connectivity index is 1.53. The van der Waals surface area contributed by atoms with E-state index in [0.717, 1.165) is 0 Å². The first kappa shape index (κ1) is 14.5. The fourth-order valence-corrected chi connectivity index (χ4v) is 2.40. The molecule has 1 aliphatic rings. The van der Waals surface area contributed by atoms with E-state index in [-0.39, 0.29) is 18.6 Å². The summed E-state index contributed by atoms with van der Waals surface area (Å²) in [6, 6.07) is 12.0. The Labute approximate surface area is 141 Å². The fraction of sp³-hybridized carbons (Fsp3) is 0.0625. The minimum atomic E-state index is -0.519. The number of hydrogen-bond acceptors (Lipinski definition) is 6. The van der Waals surface area contributed by atoms with Crippen LogP contribution in [0.25, 0.3) is 11.5 Å². The van der Waals surface area contributed by atoms with Crippen molar-refractivity contribution in [2.75, 3.05) is 12.1 Å². The predicted molar refractivity (Wildman–Crippen MR) is 85.3 cm³/mol. The number of halogens is 1. The molecule has 0 saturated heterocycles. The second kappa shape index (κ2) is 5.86. The molecule has 1 aliphatic heterocycles. The first-order valence-corrected chi connectivity index (χ1v) is 7.37. The maximum Gasteiger partial charge on any atom is 0.313 e. The van der Waals surface area contributed by atoms with Crippen LogP contribution < -0.4 is 14.8 Å². The number of hydrogen-bond donors (Lipinski definition) is 1. The van der Waals surface area contributed by atoms with E-state index in [1.807, 2.05) is 0 Å². The van der Waals surface area contributed by atoms with Crippen molar-refractivity contribution in [1.29, 1.82) is 0 Å². The van der Waals surface area contributed by atoms with Crippen LogP contribution in [-0.4, -0.2) is 22.9 Å². The summed E-state index contributed by atoms with van der Waals surface area (Å²) >= 11 is 5.93. The summed E-state index contributed by atoms with van der Waals surface area (Å²) in [7, 11) is 0. The van der Waals surface area contributed by atoms with Crippen LogP contribution in [0.5, 0.6) is 11.5 Å². The van der Waals surface area contributed by atoms with Gasteiger partial charge in [0.15, 0.2) is 11.5 Å². The molecule has 0 bridgehead atoms. The number of aromatic nitrogens is 2. The SMILES string of the molecule is O=C(Nc1ccc2c(c1)OCO2)c1nnc(-c2cccc(Cl)c2)o1. The standard InChI is InChI=1S/C16H10ClN3O4/c17-10-3-1-2-9(6-10)15-19-20-16(24-15)14(21)18-11-4-5-12-13(7-11)23-8-22-12/h1-7H,8H2,(H,18,21). The largest absolute Gasteiger partial charge is 0.454 e. The van der Waals surface area contributed by atoms with E-state index in [1.165, 1.54) is 0 Å². The highest BCUT2D eigenvalue weighted by Crippen LogP contribution is 2.34. The number of nitrogens with one attached hydrogen (secondary N) is 1. The summed E-state index contributed by atoms with van der Waals surface area (Å²) < 4.78 is 15.9. The lowest BCUT2D eigenvalue weighted by molar-refractivity contribution is 0.0991. The molecule has 1 N–H and O–H groups in total. The molecule has 0 radical (unpaired) electrons. The Morgan fingerprint density at radius 1 is 1.08 bits per heavy atom. The zero-order valence-electron chi connectivity index (χ0n) is 12.2.